The third-order valence-electron chi connectivity index (χ3n) is 4.99. The van der Waals surface area contributed by atoms with Gasteiger partial charge in [0, 0.05) is 44.6 Å². The van der Waals surface area contributed by atoms with Crippen LogP contribution >= 0.6 is 0 Å². The lowest BCUT2D eigenvalue weighted by molar-refractivity contribution is -0.137. The Balaban J connectivity index is 1.37. The summed E-state index contributed by atoms with van der Waals surface area (Å²) >= 11 is 0. The van der Waals surface area contributed by atoms with Gasteiger partial charge in [0.15, 0.2) is 5.96 Å². The highest BCUT2D eigenvalue weighted by Gasteiger charge is 2.30. The van der Waals surface area contributed by atoms with E-state index in [9.17, 15) is 13.2 Å². The number of alkyl halides is 3. The molecule has 3 heterocycles. The van der Waals surface area contributed by atoms with Crippen molar-refractivity contribution >= 4 is 11.8 Å². The number of piperidine rings is 1. The second-order valence-corrected chi connectivity index (χ2v) is 7.33. The van der Waals surface area contributed by atoms with Crippen molar-refractivity contribution in [2.75, 3.05) is 38.2 Å². The van der Waals surface area contributed by atoms with Crippen molar-refractivity contribution in [1.29, 1.82) is 0 Å². The maximum absolute atomic E-state index is 12.6. The molecule has 0 aliphatic carbocycles. The van der Waals surface area contributed by atoms with Crippen LogP contribution in [0.25, 0.3) is 0 Å². The molecule has 0 saturated carbocycles. The van der Waals surface area contributed by atoms with Crippen LogP contribution in [-0.2, 0) is 6.18 Å². The molecule has 10 heteroatoms. The first kappa shape index (κ1) is 22.6. The van der Waals surface area contributed by atoms with Gasteiger partial charge in [0.2, 0.25) is 5.88 Å². The lowest BCUT2D eigenvalue weighted by Crippen LogP contribution is -2.49. The van der Waals surface area contributed by atoms with Crippen LogP contribution in [0.4, 0.5) is 19.0 Å². The summed E-state index contributed by atoms with van der Waals surface area (Å²) in [6, 6.07) is 6.59. The second-order valence-electron chi connectivity index (χ2n) is 7.33. The number of guanidine groups is 1. The van der Waals surface area contributed by atoms with Crippen LogP contribution in [-0.4, -0.2) is 55.3 Å². The van der Waals surface area contributed by atoms with Crippen molar-refractivity contribution in [3.63, 3.8) is 0 Å². The molecule has 0 radical (unpaired) electrons. The van der Waals surface area contributed by atoms with E-state index in [1.165, 1.54) is 6.07 Å². The molecular weight excluding hydrogens is 409 g/mol. The highest BCUT2D eigenvalue weighted by Crippen LogP contribution is 2.29. The summed E-state index contributed by atoms with van der Waals surface area (Å²) in [5.41, 5.74) is 0.347. The van der Waals surface area contributed by atoms with Crippen LogP contribution in [0.15, 0.2) is 41.7 Å². The lowest BCUT2D eigenvalue weighted by Gasteiger charge is -2.33. The summed E-state index contributed by atoms with van der Waals surface area (Å²) in [5, 5.41) is 6.56. The Morgan fingerprint density at radius 3 is 2.52 bits per heavy atom. The third-order valence-corrected chi connectivity index (χ3v) is 4.99. The lowest BCUT2D eigenvalue weighted by atomic mass is 10.1. The van der Waals surface area contributed by atoms with E-state index in [1.807, 2.05) is 13.1 Å². The number of nitrogens with one attached hydrogen (secondary N) is 2. The van der Waals surface area contributed by atoms with Crippen LogP contribution in [0.5, 0.6) is 5.88 Å². The van der Waals surface area contributed by atoms with E-state index in [4.69, 9.17) is 4.74 Å². The smallest absolute Gasteiger partial charge is 0.417 e. The highest BCUT2D eigenvalue weighted by molar-refractivity contribution is 5.80. The molecule has 0 bridgehead atoms. The summed E-state index contributed by atoms with van der Waals surface area (Å²) < 4.78 is 43.0. The zero-order valence-electron chi connectivity index (χ0n) is 17.6. The van der Waals surface area contributed by atoms with Gasteiger partial charge in [0.1, 0.15) is 12.4 Å². The molecule has 1 aliphatic rings. The number of nitrogens with zero attached hydrogens (tertiary/aromatic N) is 4. The molecule has 1 aliphatic heterocycles. The van der Waals surface area contributed by atoms with Crippen molar-refractivity contribution < 1.29 is 17.9 Å². The normalized spacial score (nSPS) is 15.6. The Labute approximate surface area is 179 Å². The number of aryl methyl sites for hydroxylation is 1. The molecule has 0 atom stereocenters. The molecule has 1 fully saturated rings. The van der Waals surface area contributed by atoms with Crippen molar-refractivity contribution in [1.82, 2.24) is 20.6 Å². The third kappa shape index (κ3) is 6.73. The van der Waals surface area contributed by atoms with Gasteiger partial charge in [0.25, 0.3) is 0 Å². The quantitative estimate of drug-likeness (QED) is 0.412. The fourth-order valence-electron chi connectivity index (χ4n) is 3.25. The van der Waals surface area contributed by atoms with Crippen LogP contribution in [0.3, 0.4) is 0 Å². The summed E-state index contributed by atoms with van der Waals surface area (Å²) in [6.07, 6.45) is 0.165. The molecule has 31 heavy (non-hydrogen) atoms. The monoisotopic (exact) mass is 436 g/mol. The van der Waals surface area contributed by atoms with Gasteiger partial charge in [-0.2, -0.15) is 13.2 Å². The van der Waals surface area contributed by atoms with Gasteiger partial charge in [0.05, 0.1) is 12.1 Å². The first-order chi connectivity index (χ1) is 14.8. The predicted molar refractivity (Wildman–Crippen MR) is 113 cm³/mol. The number of aromatic nitrogens is 2. The molecule has 1 saturated heterocycles. The maximum Gasteiger partial charge on any atom is 0.417 e. The summed E-state index contributed by atoms with van der Waals surface area (Å²) in [6.45, 7) is 4.53. The number of halogens is 3. The molecule has 0 unspecified atom stereocenters. The van der Waals surface area contributed by atoms with Crippen LogP contribution in [0, 0.1) is 6.92 Å². The molecule has 0 spiro atoms. The Kier molecular flexibility index (Phi) is 7.54. The number of hydrogen-bond acceptors (Lipinski definition) is 5. The molecule has 3 rings (SSSR count). The van der Waals surface area contributed by atoms with Crippen LogP contribution in [0.1, 0.15) is 24.0 Å². The minimum Gasteiger partial charge on any atom is -0.476 e. The van der Waals surface area contributed by atoms with E-state index in [-0.39, 0.29) is 12.5 Å². The molecule has 0 amide bonds. The summed E-state index contributed by atoms with van der Waals surface area (Å²) in [4.78, 5) is 14.7. The molecule has 168 valence electrons. The van der Waals surface area contributed by atoms with Gasteiger partial charge in [-0.15, -0.1) is 0 Å². The van der Waals surface area contributed by atoms with E-state index in [1.54, 1.807) is 7.05 Å². The van der Waals surface area contributed by atoms with E-state index in [0.29, 0.717) is 18.5 Å². The number of hydrogen-bond donors (Lipinski definition) is 2. The molecule has 2 N–H and O–H groups in total. The first-order valence-electron chi connectivity index (χ1n) is 10.2. The van der Waals surface area contributed by atoms with E-state index >= 15 is 0 Å². The maximum atomic E-state index is 12.6. The molecule has 2 aromatic heterocycles. The molecule has 2 aromatic rings. The van der Waals surface area contributed by atoms with E-state index in [0.717, 1.165) is 49.6 Å². The van der Waals surface area contributed by atoms with Gasteiger partial charge in [-0.25, -0.2) is 9.97 Å². The van der Waals surface area contributed by atoms with Gasteiger partial charge in [-0.1, -0.05) is 6.07 Å². The number of anilines is 1. The number of aliphatic imine (C=N–C) groups is 1. The zero-order valence-corrected chi connectivity index (χ0v) is 17.6. The number of rotatable bonds is 6. The Morgan fingerprint density at radius 2 is 1.94 bits per heavy atom. The van der Waals surface area contributed by atoms with E-state index in [2.05, 4.69) is 42.6 Å². The van der Waals surface area contributed by atoms with Gasteiger partial charge >= 0.3 is 6.18 Å². The van der Waals surface area contributed by atoms with Gasteiger partial charge < -0.3 is 20.3 Å². The fourth-order valence-corrected chi connectivity index (χ4v) is 3.25. The number of ether oxygens (including phenoxy) is 1. The Bertz CT molecular complexity index is 847. The molecule has 7 nitrogen and oxygen atoms in total. The average Bonchev–Trinajstić information content (AvgIpc) is 2.76. The minimum absolute atomic E-state index is 0.148. The van der Waals surface area contributed by atoms with E-state index < -0.39 is 11.7 Å². The highest BCUT2D eigenvalue weighted by atomic mass is 19.4. The largest absolute Gasteiger partial charge is 0.476 e. The SMILES string of the molecule is CN=C(NCCOc1ccc(C(F)(F)F)cn1)NC1CCN(c2ccc(C)cn2)CC1. The summed E-state index contributed by atoms with van der Waals surface area (Å²) in [7, 11) is 1.69. The number of pyridine rings is 2. The minimum atomic E-state index is -4.40. The molecule has 0 aromatic carbocycles. The van der Waals surface area contributed by atoms with Gasteiger partial charge in [-0.3, -0.25) is 4.99 Å². The van der Waals surface area contributed by atoms with Crippen molar-refractivity contribution in [3.8, 4) is 5.88 Å². The zero-order chi connectivity index (χ0) is 22.3. The van der Waals surface area contributed by atoms with Crippen LogP contribution in [0.2, 0.25) is 0 Å². The standard InChI is InChI=1S/C21H27F3N6O/c1-15-3-5-18(27-13-15)30-10-7-17(8-11-30)29-20(25-2)26-9-12-31-19-6-4-16(14-28-19)21(22,23)24/h3-6,13-14,17H,7-12H2,1-2H3,(H2,25,26,29). The topological polar surface area (TPSA) is 74.7 Å². The fraction of sp³-hybridized carbons (Fsp3) is 0.476. The first-order valence-corrected chi connectivity index (χ1v) is 10.2. The predicted octanol–water partition coefficient (Wildman–Crippen LogP) is 3.02. The van der Waals surface area contributed by atoms with Gasteiger partial charge in [-0.05, 0) is 37.5 Å². The average molecular weight is 436 g/mol. The van der Waals surface area contributed by atoms with Crippen LogP contribution < -0.4 is 20.3 Å². The van der Waals surface area contributed by atoms with Crippen molar-refractivity contribution in [2.24, 2.45) is 4.99 Å². The Morgan fingerprint density at radius 1 is 1.16 bits per heavy atom. The van der Waals surface area contributed by atoms with Crippen molar-refractivity contribution in [3.05, 3.63) is 47.8 Å². The Hall–Kier alpha value is -3.04. The molecular formula is C21H27F3N6O. The van der Waals surface area contributed by atoms with Crippen molar-refractivity contribution in [2.45, 2.75) is 32.0 Å². The second kappa shape index (κ2) is 10.3. The summed E-state index contributed by atoms with van der Waals surface area (Å²) in [5.74, 6) is 1.81.